The van der Waals surface area contributed by atoms with E-state index in [1.807, 2.05) is 37.3 Å². The van der Waals surface area contributed by atoms with Gasteiger partial charge in [-0.3, -0.25) is 9.59 Å². The van der Waals surface area contributed by atoms with E-state index >= 15 is 0 Å². The molecule has 0 aliphatic carbocycles. The zero-order chi connectivity index (χ0) is 18.5. The van der Waals surface area contributed by atoms with Gasteiger partial charge in [0.2, 0.25) is 5.91 Å². The summed E-state index contributed by atoms with van der Waals surface area (Å²) < 4.78 is 11.0. The Morgan fingerprint density at radius 3 is 2.42 bits per heavy atom. The maximum Gasteiger partial charge on any atom is 0.316 e. The van der Waals surface area contributed by atoms with E-state index in [4.69, 9.17) is 9.47 Å². The molecule has 0 aromatic heterocycles. The van der Waals surface area contributed by atoms with Crippen molar-refractivity contribution in [3.05, 3.63) is 54.1 Å². The second-order valence-electron chi connectivity index (χ2n) is 6.23. The second kappa shape index (κ2) is 8.04. The summed E-state index contributed by atoms with van der Waals surface area (Å²) in [6.07, 6.45) is 1.10. The van der Waals surface area contributed by atoms with E-state index in [-0.39, 0.29) is 12.3 Å². The monoisotopic (exact) mass is 353 g/mol. The fraction of sp³-hybridized carbons (Fsp3) is 0.333. The van der Waals surface area contributed by atoms with Crippen molar-refractivity contribution in [2.75, 3.05) is 18.1 Å². The standard InChI is InChI=1S/C21H23NO4/c1-3-15-9-11-17(12-10-15)22-14-16(13-20(22)23)21(24)26-19-8-6-5-7-18(19)25-4-2/h5-12,16H,3-4,13-14H2,1-2H3. The molecule has 1 aliphatic heterocycles. The van der Waals surface area contributed by atoms with Crippen molar-refractivity contribution in [3.8, 4) is 11.5 Å². The van der Waals surface area contributed by atoms with E-state index in [9.17, 15) is 9.59 Å². The average Bonchev–Trinajstić information content (AvgIpc) is 3.05. The summed E-state index contributed by atoms with van der Waals surface area (Å²) in [5, 5.41) is 0. The number of para-hydroxylation sites is 2. The van der Waals surface area contributed by atoms with Crippen LogP contribution in [0.2, 0.25) is 0 Å². The highest BCUT2D eigenvalue weighted by molar-refractivity contribution is 5.99. The van der Waals surface area contributed by atoms with Crippen LogP contribution in [-0.2, 0) is 16.0 Å². The van der Waals surface area contributed by atoms with Crippen LogP contribution in [0.25, 0.3) is 0 Å². The van der Waals surface area contributed by atoms with Crippen LogP contribution in [0.3, 0.4) is 0 Å². The van der Waals surface area contributed by atoms with Gasteiger partial charge in [0.15, 0.2) is 11.5 Å². The molecule has 0 N–H and O–H groups in total. The summed E-state index contributed by atoms with van der Waals surface area (Å²) in [4.78, 5) is 26.5. The molecule has 136 valence electrons. The number of hydrogen-bond acceptors (Lipinski definition) is 4. The van der Waals surface area contributed by atoms with Crippen LogP contribution in [-0.4, -0.2) is 25.0 Å². The summed E-state index contributed by atoms with van der Waals surface area (Å²) in [7, 11) is 0. The number of ether oxygens (including phenoxy) is 2. The highest BCUT2D eigenvalue weighted by atomic mass is 16.6. The number of rotatable bonds is 6. The molecule has 0 bridgehead atoms. The molecule has 1 saturated heterocycles. The van der Waals surface area contributed by atoms with Crippen LogP contribution in [0.5, 0.6) is 11.5 Å². The molecule has 1 aliphatic rings. The molecule has 5 heteroatoms. The van der Waals surface area contributed by atoms with Gasteiger partial charge in [-0.15, -0.1) is 0 Å². The third-order valence-corrected chi connectivity index (χ3v) is 4.47. The van der Waals surface area contributed by atoms with E-state index in [0.717, 1.165) is 12.1 Å². The van der Waals surface area contributed by atoms with Gasteiger partial charge in [0.25, 0.3) is 0 Å². The highest BCUT2D eigenvalue weighted by Crippen LogP contribution is 2.30. The zero-order valence-electron chi connectivity index (χ0n) is 15.1. The normalized spacial score (nSPS) is 16.6. The van der Waals surface area contributed by atoms with Gasteiger partial charge in [-0.2, -0.15) is 0 Å². The summed E-state index contributed by atoms with van der Waals surface area (Å²) in [6, 6.07) is 14.9. The van der Waals surface area contributed by atoms with Crippen molar-refractivity contribution >= 4 is 17.6 Å². The lowest BCUT2D eigenvalue weighted by Gasteiger charge is -2.17. The molecule has 26 heavy (non-hydrogen) atoms. The number of carbonyl (C=O) groups excluding carboxylic acids is 2. The first-order valence-electron chi connectivity index (χ1n) is 8.95. The van der Waals surface area contributed by atoms with Gasteiger partial charge in [0.05, 0.1) is 12.5 Å². The molecule has 1 unspecified atom stereocenters. The molecule has 0 radical (unpaired) electrons. The molecule has 2 aromatic carbocycles. The minimum Gasteiger partial charge on any atom is -0.490 e. The number of aryl methyl sites for hydroxylation is 1. The van der Waals surface area contributed by atoms with Crippen LogP contribution < -0.4 is 14.4 Å². The smallest absolute Gasteiger partial charge is 0.316 e. The van der Waals surface area contributed by atoms with Gasteiger partial charge in [0, 0.05) is 18.7 Å². The van der Waals surface area contributed by atoms with E-state index in [0.29, 0.717) is 24.7 Å². The molecule has 1 amide bonds. The Bertz CT molecular complexity index is 785. The molecule has 2 aromatic rings. The summed E-state index contributed by atoms with van der Waals surface area (Å²) in [5.41, 5.74) is 2.03. The van der Waals surface area contributed by atoms with E-state index < -0.39 is 11.9 Å². The predicted molar refractivity (Wildman–Crippen MR) is 99.5 cm³/mol. The Labute approximate surface area is 153 Å². The van der Waals surface area contributed by atoms with Crippen LogP contribution in [0.15, 0.2) is 48.5 Å². The van der Waals surface area contributed by atoms with Crippen molar-refractivity contribution in [2.24, 2.45) is 5.92 Å². The first kappa shape index (κ1) is 18.0. The first-order valence-corrected chi connectivity index (χ1v) is 8.95. The van der Waals surface area contributed by atoms with Crippen molar-refractivity contribution < 1.29 is 19.1 Å². The van der Waals surface area contributed by atoms with E-state index in [1.54, 1.807) is 23.1 Å². The molecule has 1 heterocycles. The van der Waals surface area contributed by atoms with Gasteiger partial charge in [0.1, 0.15) is 0 Å². The molecule has 1 atom stereocenters. The Morgan fingerprint density at radius 2 is 1.77 bits per heavy atom. The van der Waals surface area contributed by atoms with Gasteiger partial charge in [-0.1, -0.05) is 31.2 Å². The molecular weight excluding hydrogens is 330 g/mol. The van der Waals surface area contributed by atoms with Crippen LogP contribution in [0.4, 0.5) is 5.69 Å². The first-order chi connectivity index (χ1) is 12.6. The SMILES string of the molecule is CCOc1ccccc1OC(=O)C1CC(=O)N(c2ccc(CC)cc2)C1. The predicted octanol–water partition coefficient (Wildman–Crippen LogP) is 3.61. The van der Waals surface area contributed by atoms with Gasteiger partial charge >= 0.3 is 5.97 Å². The lowest BCUT2D eigenvalue weighted by atomic mass is 10.1. The molecular formula is C21H23NO4. The Morgan fingerprint density at radius 1 is 1.08 bits per heavy atom. The number of anilines is 1. The van der Waals surface area contributed by atoms with Gasteiger partial charge in [-0.25, -0.2) is 0 Å². The second-order valence-corrected chi connectivity index (χ2v) is 6.23. The average molecular weight is 353 g/mol. The maximum absolute atomic E-state index is 12.5. The minimum atomic E-state index is -0.483. The van der Waals surface area contributed by atoms with Crippen LogP contribution in [0.1, 0.15) is 25.8 Å². The van der Waals surface area contributed by atoms with Crippen molar-refractivity contribution in [3.63, 3.8) is 0 Å². The van der Waals surface area contributed by atoms with E-state index in [2.05, 4.69) is 6.92 Å². The fourth-order valence-corrected chi connectivity index (χ4v) is 3.03. The van der Waals surface area contributed by atoms with Gasteiger partial charge < -0.3 is 14.4 Å². The number of amides is 1. The number of esters is 1. The molecule has 1 fully saturated rings. The third kappa shape index (κ3) is 3.87. The lowest BCUT2D eigenvalue weighted by Crippen LogP contribution is -2.27. The Hall–Kier alpha value is -2.82. The summed E-state index contributed by atoms with van der Waals surface area (Å²) >= 11 is 0. The zero-order valence-corrected chi connectivity index (χ0v) is 15.1. The number of hydrogen-bond donors (Lipinski definition) is 0. The van der Waals surface area contributed by atoms with Crippen molar-refractivity contribution in [2.45, 2.75) is 26.7 Å². The molecule has 0 spiro atoms. The number of benzene rings is 2. The Balaban J connectivity index is 1.69. The van der Waals surface area contributed by atoms with Crippen molar-refractivity contribution in [1.82, 2.24) is 0 Å². The number of nitrogens with zero attached hydrogens (tertiary/aromatic N) is 1. The topological polar surface area (TPSA) is 55.8 Å². The maximum atomic E-state index is 12.5. The van der Waals surface area contributed by atoms with Crippen LogP contribution in [0, 0.1) is 5.92 Å². The van der Waals surface area contributed by atoms with Gasteiger partial charge in [-0.05, 0) is 43.2 Å². The summed E-state index contributed by atoms with van der Waals surface area (Å²) in [6.45, 7) is 4.77. The largest absolute Gasteiger partial charge is 0.490 e. The molecule has 3 rings (SSSR count). The quantitative estimate of drug-likeness (QED) is 0.588. The summed E-state index contributed by atoms with van der Waals surface area (Å²) in [5.74, 6) is -0.0345. The lowest BCUT2D eigenvalue weighted by molar-refractivity contribution is -0.139. The molecule has 0 saturated carbocycles. The highest BCUT2D eigenvalue weighted by Gasteiger charge is 2.36. The fourth-order valence-electron chi connectivity index (χ4n) is 3.03. The Kier molecular flexibility index (Phi) is 5.56. The van der Waals surface area contributed by atoms with E-state index in [1.165, 1.54) is 5.56 Å². The number of carbonyl (C=O) groups is 2. The molecule has 5 nitrogen and oxygen atoms in total. The third-order valence-electron chi connectivity index (χ3n) is 4.47. The van der Waals surface area contributed by atoms with Crippen LogP contribution >= 0.6 is 0 Å². The minimum absolute atomic E-state index is 0.0608. The van der Waals surface area contributed by atoms with Crippen molar-refractivity contribution in [1.29, 1.82) is 0 Å².